The van der Waals surface area contributed by atoms with Gasteiger partial charge in [0, 0.05) is 18.4 Å². The van der Waals surface area contributed by atoms with Crippen LogP contribution < -0.4 is 4.74 Å². The van der Waals surface area contributed by atoms with Crippen molar-refractivity contribution < 1.29 is 32.1 Å². The molecule has 0 spiro atoms. The summed E-state index contributed by atoms with van der Waals surface area (Å²) in [7, 11) is 0. The minimum atomic E-state index is -2.85. The summed E-state index contributed by atoms with van der Waals surface area (Å²) in [5.74, 6) is -0.103. The van der Waals surface area contributed by atoms with E-state index in [2.05, 4.69) is 11.7 Å². The number of fused-ring (bicyclic) bond motifs is 1. The van der Waals surface area contributed by atoms with Crippen molar-refractivity contribution in [1.29, 1.82) is 0 Å². The molecule has 1 fully saturated rings. The molecule has 0 aliphatic carbocycles. The fourth-order valence-electron chi connectivity index (χ4n) is 4.32. The number of hydrogen-bond donors (Lipinski definition) is 0. The molecule has 3 aromatic carbocycles. The lowest BCUT2D eigenvalue weighted by Crippen LogP contribution is -2.37. The molecule has 1 aliphatic heterocycles. The van der Waals surface area contributed by atoms with Gasteiger partial charge in [-0.25, -0.2) is 4.39 Å². The van der Waals surface area contributed by atoms with Gasteiger partial charge in [-0.15, -0.1) is 0 Å². The van der Waals surface area contributed by atoms with Crippen molar-refractivity contribution >= 4 is 10.8 Å². The van der Waals surface area contributed by atoms with E-state index in [9.17, 15) is 8.78 Å². The highest BCUT2D eigenvalue weighted by molar-refractivity contribution is 5.84. The Kier molecular flexibility index (Phi) is 9.61. The van der Waals surface area contributed by atoms with Crippen LogP contribution in [0.25, 0.3) is 10.8 Å². The first-order valence-electron chi connectivity index (χ1n) is 12.6. The maximum Gasteiger partial charge on any atom is 0.387 e. The molecule has 1 saturated heterocycles. The lowest BCUT2D eigenvalue weighted by atomic mass is 9.98. The van der Waals surface area contributed by atoms with Gasteiger partial charge in [0.05, 0.1) is 13.2 Å². The zero-order valence-corrected chi connectivity index (χ0v) is 20.6. The number of aryl methyl sites for hydroxylation is 3. The topological polar surface area (TPSA) is 36.9 Å². The maximum atomic E-state index is 15.2. The Bertz CT molecular complexity index is 1100. The molecule has 0 bridgehead atoms. The van der Waals surface area contributed by atoms with Gasteiger partial charge in [-0.05, 0) is 59.9 Å². The second kappa shape index (κ2) is 13.1. The smallest absolute Gasteiger partial charge is 0.387 e. The summed E-state index contributed by atoms with van der Waals surface area (Å²) in [6.45, 7) is 1.12. The zero-order chi connectivity index (χ0) is 25.3. The van der Waals surface area contributed by atoms with Gasteiger partial charge >= 0.3 is 6.61 Å². The molecule has 4 nitrogen and oxygen atoms in total. The first-order chi connectivity index (χ1) is 17.5. The van der Waals surface area contributed by atoms with Crippen molar-refractivity contribution in [1.82, 2.24) is 0 Å². The summed E-state index contributed by atoms with van der Waals surface area (Å²) < 4.78 is 61.5. The third-order valence-electron chi connectivity index (χ3n) is 6.39. The number of halogens is 3. The summed E-state index contributed by atoms with van der Waals surface area (Å²) in [6.07, 6.45) is 4.52. The monoisotopic (exact) mass is 502 g/mol. The van der Waals surface area contributed by atoms with Gasteiger partial charge < -0.3 is 18.9 Å². The summed E-state index contributed by atoms with van der Waals surface area (Å²) in [5, 5.41) is 1.45. The van der Waals surface area contributed by atoms with E-state index < -0.39 is 6.61 Å². The number of hydrogen-bond acceptors (Lipinski definition) is 4. The van der Waals surface area contributed by atoms with Crippen LogP contribution in [-0.2, 0) is 33.5 Å². The number of benzene rings is 3. The minimum absolute atomic E-state index is 0.00417. The molecule has 0 aromatic heterocycles. The van der Waals surface area contributed by atoms with Gasteiger partial charge in [0.1, 0.15) is 17.7 Å². The Morgan fingerprint density at radius 2 is 1.67 bits per heavy atom. The molecule has 1 heterocycles. The fourth-order valence-corrected chi connectivity index (χ4v) is 4.32. The quantitative estimate of drug-likeness (QED) is 0.254. The Labute approximate surface area is 210 Å². The summed E-state index contributed by atoms with van der Waals surface area (Å²) in [5.41, 5.74) is 2.66. The van der Waals surface area contributed by atoms with Gasteiger partial charge in [0.2, 0.25) is 0 Å². The van der Waals surface area contributed by atoms with Crippen molar-refractivity contribution in [2.24, 2.45) is 0 Å². The average molecular weight is 503 g/mol. The van der Waals surface area contributed by atoms with Crippen LogP contribution in [0.1, 0.15) is 42.9 Å². The van der Waals surface area contributed by atoms with E-state index in [1.54, 1.807) is 12.1 Å². The molecule has 194 valence electrons. The van der Waals surface area contributed by atoms with Gasteiger partial charge in [-0.3, -0.25) is 0 Å². The van der Waals surface area contributed by atoms with Crippen LogP contribution in [0.3, 0.4) is 0 Å². The Hall–Kier alpha value is -2.61. The van der Waals surface area contributed by atoms with E-state index in [0.29, 0.717) is 37.0 Å². The number of unbranched alkanes of at least 4 members (excludes halogenated alkanes) is 1. The highest BCUT2D eigenvalue weighted by atomic mass is 19.3. The van der Waals surface area contributed by atoms with Crippen LogP contribution >= 0.6 is 0 Å². The van der Waals surface area contributed by atoms with E-state index >= 15 is 4.39 Å². The molecule has 3 aromatic rings. The fraction of sp³-hybridized carbons (Fsp3) is 0.448. The lowest BCUT2D eigenvalue weighted by molar-refractivity contribution is -0.227. The largest absolute Gasteiger partial charge is 0.435 e. The normalized spacial score (nSPS) is 18.1. The van der Waals surface area contributed by atoms with Crippen molar-refractivity contribution in [3.05, 3.63) is 77.1 Å². The molecule has 1 aliphatic rings. The van der Waals surface area contributed by atoms with Gasteiger partial charge in [-0.1, -0.05) is 55.8 Å². The van der Waals surface area contributed by atoms with Gasteiger partial charge in [0.25, 0.3) is 0 Å². The zero-order valence-electron chi connectivity index (χ0n) is 20.6. The van der Waals surface area contributed by atoms with Crippen LogP contribution in [0.4, 0.5) is 13.2 Å². The molecule has 0 radical (unpaired) electrons. The standard InChI is InChI=1S/C29H33F3O4/c1-2-3-16-33-25-18-34-27(35-19-25)15-8-21-7-14-26-23(17-21)11-10-22(28(26)30)9-4-20-5-12-24(13-6-20)36-29(31)32/h5-7,10-14,17,25,27,29H,2-4,8-9,15-16,18-19H2,1H3. The Morgan fingerprint density at radius 1 is 0.917 bits per heavy atom. The van der Waals surface area contributed by atoms with Crippen LogP contribution in [-0.4, -0.2) is 38.8 Å². The van der Waals surface area contributed by atoms with Gasteiger partial charge in [0.15, 0.2) is 6.29 Å². The summed E-state index contributed by atoms with van der Waals surface area (Å²) in [6, 6.07) is 16.0. The number of alkyl halides is 2. The Balaban J connectivity index is 1.29. The predicted molar refractivity (Wildman–Crippen MR) is 133 cm³/mol. The van der Waals surface area contributed by atoms with Crippen molar-refractivity contribution in [3.63, 3.8) is 0 Å². The molecule has 0 amide bonds. The van der Waals surface area contributed by atoms with E-state index in [-0.39, 0.29) is 24.0 Å². The minimum Gasteiger partial charge on any atom is -0.435 e. The molecule has 36 heavy (non-hydrogen) atoms. The SMILES string of the molecule is CCCCOC1COC(CCc2ccc3c(F)c(CCc4ccc(OC(F)F)cc4)ccc3c2)OC1. The van der Waals surface area contributed by atoms with Crippen LogP contribution in [0, 0.1) is 5.82 Å². The Morgan fingerprint density at radius 3 is 2.39 bits per heavy atom. The molecular formula is C29H33F3O4. The number of rotatable bonds is 12. The first-order valence-corrected chi connectivity index (χ1v) is 12.6. The third-order valence-corrected chi connectivity index (χ3v) is 6.39. The summed E-state index contributed by atoms with van der Waals surface area (Å²) >= 11 is 0. The molecule has 0 N–H and O–H groups in total. The molecule has 0 saturated carbocycles. The predicted octanol–water partition coefficient (Wildman–Crippen LogP) is 6.86. The van der Waals surface area contributed by atoms with E-state index in [1.807, 2.05) is 30.3 Å². The second-order valence-electron chi connectivity index (χ2n) is 9.10. The lowest BCUT2D eigenvalue weighted by Gasteiger charge is -2.29. The maximum absolute atomic E-state index is 15.2. The number of ether oxygens (including phenoxy) is 4. The van der Waals surface area contributed by atoms with Gasteiger partial charge in [-0.2, -0.15) is 8.78 Å². The van der Waals surface area contributed by atoms with Crippen LogP contribution in [0.5, 0.6) is 5.75 Å². The van der Waals surface area contributed by atoms with E-state index in [0.717, 1.165) is 48.8 Å². The average Bonchev–Trinajstić information content (AvgIpc) is 2.88. The van der Waals surface area contributed by atoms with Crippen LogP contribution in [0.2, 0.25) is 0 Å². The van der Waals surface area contributed by atoms with E-state index in [1.165, 1.54) is 12.1 Å². The van der Waals surface area contributed by atoms with Crippen molar-refractivity contribution in [2.75, 3.05) is 19.8 Å². The first kappa shape index (κ1) is 26.5. The highest BCUT2D eigenvalue weighted by Crippen LogP contribution is 2.25. The molecular weight excluding hydrogens is 469 g/mol. The molecule has 0 atom stereocenters. The van der Waals surface area contributed by atoms with Crippen molar-refractivity contribution in [3.8, 4) is 5.75 Å². The molecule has 4 rings (SSSR count). The van der Waals surface area contributed by atoms with Crippen LogP contribution in [0.15, 0.2) is 54.6 Å². The second-order valence-corrected chi connectivity index (χ2v) is 9.10. The highest BCUT2D eigenvalue weighted by Gasteiger charge is 2.22. The van der Waals surface area contributed by atoms with E-state index in [4.69, 9.17) is 14.2 Å². The molecule has 0 unspecified atom stereocenters. The molecule has 7 heteroatoms. The van der Waals surface area contributed by atoms with Crippen molar-refractivity contribution in [2.45, 2.75) is 64.5 Å². The summed E-state index contributed by atoms with van der Waals surface area (Å²) in [4.78, 5) is 0. The third kappa shape index (κ3) is 7.45.